The summed E-state index contributed by atoms with van der Waals surface area (Å²) in [5.41, 5.74) is 0.527. The first-order chi connectivity index (χ1) is 9.13. The van der Waals surface area contributed by atoms with Crippen molar-refractivity contribution in [3.05, 3.63) is 18.0 Å². The molecular weight excluding hydrogens is 240 g/mol. The lowest BCUT2D eigenvalue weighted by atomic mass is 10.0. The number of rotatable bonds is 6. The van der Waals surface area contributed by atoms with Crippen molar-refractivity contribution in [2.24, 2.45) is 0 Å². The minimum absolute atomic E-state index is 0.555. The van der Waals surface area contributed by atoms with E-state index < -0.39 is 5.60 Å². The van der Waals surface area contributed by atoms with Gasteiger partial charge in [0.1, 0.15) is 0 Å². The van der Waals surface area contributed by atoms with Crippen LogP contribution in [0, 0.1) is 0 Å². The van der Waals surface area contributed by atoms with E-state index in [4.69, 9.17) is 0 Å². The molecule has 106 valence electrons. The molecular formula is C14H24N4O. The zero-order valence-corrected chi connectivity index (χ0v) is 11.9. The lowest BCUT2D eigenvalue weighted by Gasteiger charge is -2.28. The molecule has 19 heavy (non-hydrogen) atoms. The molecule has 0 spiro atoms. The van der Waals surface area contributed by atoms with Crippen LogP contribution in [0.25, 0.3) is 0 Å². The number of nitrogens with zero attached hydrogens (tertiary/aromatic N) is 3. The molecule has 2 N–H and O–H groups in total. The molecule has 0 bridgehead atoms. The molecule has 1 aliphatic rings. The normalized spacial score (nSPS) is 17.6. The van der Waals surface area contributed by atoms with Gasteiger partial charge in [-0.1, -0.05) is 19.8 Å². The molecule has 1 aromatic rings. The summed E-state index contributed by atoms with van der Waals surface area (Å²) in [4.78, 5) is 10.7. The number of nitrogens with one attached hydrogen (secondary N) is 1. The Hall–Kier alpha value is -1.20. The fourth-order valence-electron chi connectivity index (χ4n) is 2.61. The van der Waals surface area contributed by atoms with Gasteiger partial charge in [-0.15, -0.1) is 0 Å². The monoisotopic (exact) mass is 264 g/mol. The predicted octanol–water partition coefficient (Wildman–Crippen LogP) is 1.33. The smallest absolute Gasteiger partial charge is 0.225 e. The lowest BCUT2D eigenvalue weighted by Crippen LogP contribution is -2.39. The van der Waals surface area contributed by atoms with Crippen molar-refractivity contribution < 1.29 is 5.11 Å². The molecule has 0 saturated heterocycles. The quantitative estimate of drug-likeness (QED) is 0.811. The van der Waals surface area contributed by atoms with Gasteiger partial charge in [0.05, 0.1) is 5.60 Å². The van der Waals surface area contributed by atoms with Crippen molar-refractivity contribution in [1.82, 2.24) is 15.3 Å². The Morgan fingerprint density at radius 2 is 1.95 bits per heavy atom. The van der Waals surface area contributed by atoms with Gasteiger partial charge in [0.15, 0.2) is 0 Å². The largest absolute Gasteiger partial charge is 0.388 e. The van der Waals surface area contributed by atoms with E-state index in [9.17, 15) is 5.11 Å². The minimum Gasteiger partial charge on any atom is -0.388 e. The number of aromatic nitrogens is 2. The van der Waals surface area contributed by atoms with E-state index in [1.54, 1.807) is 0 Å². The van der Waals surface area contributed by atoms with Crippen LogP contribution in [0.3, 0.4) is 0 Å². The third-order valence-corrected chi connectivity index (χ3v) is 3.68. The summed E-state index contributed by atoms with van der Waals surface area (Å²) in [7, 11) is 1.94. The Bertz CT molecular complexity index is 387. The second kappa shape index (κ2) is 6.30. The molecule has 0 atom stereocenters. The van der Waals surface area contributed by atoms with Gasteiger partial charge < -0.3 is 15.3 Å². The Kier molecular flexibility index (Phi) is 4.71. The van der Waals surface area contributed by atoms with Crippen LogP contribution in [0.4, 0.5) is 5.95 Å². The number of likely N-dealkylation sites (N-methyl/N-ethyl adjacent to an activating group) is 1. The van der Waals surface area contributed by atoms with Crippen molar-refractivity contribution in [2.75, 3.05) is 25.0 Å². The average molecular weight is 264 g/mol. The van der Waals surface area contributed by atoms with Crippen LogP contribution in [-0.4, -0.2) is 40.8 Å². The van der Waals surface area contributed by atoms with Gasteiger partial charge in [-0.2, -0.15) is 0 Å². The Labute approximate surface area is 115 Å². The SMILES string of the molecule is CCNCc1cnc(N(C)CC2(O)CCCC2)nc1. The summed E-state index contributed by atoms with van der Waals surface area (Å²) in [5, 5.41) is 13.6. The Balaban J connectivity index is 1.93. The number of aliphatic hydroxyl groups is 1. The summed E-state index contributed by atoms with van der Waals surface area (Å²) >= 11 is 0. The number of anilines is 1. The first-order valence-electron chi connectivity index (χ1n) is 7.08. The molecule has 5 heteroatoms. The second-order valence-electron chi connectivity index (χ2n) is 5.46. The van der Waals surface area contributed by atoms with Crippen molar-refractivity contribution in [1.29, 1.82) is 0 Å². The second-order valence-corrected chi connectivity index (χ2v) is 5.46. The zero-order chi connectivity index (χ0) is 13.7. The summed E-state index contributed by atoms with van der Waals surface area (Å²) in [5.74, 6) is 0.681. The molecule has 2 rings (SSSR count). The zero-order valence-electron chi connectivity index (χ0n) is 11.9. The first-order valence-corrected chi connectivity index (χ1v) is 7.08. The molecule has 0 unspecified atom stereocenters. The molecule has 0 aromatic carbocycles. The van der Waals surface area contributed by atoms with Crippen LogP contribution in [0.2, 0.25) is 0 Å². The average Bonchev–Trinajstić information content (AvgIpc) is 2.83. The molecule has 1 aromatic heterocycles. The Morgan fingerprint density at radius 1 is 1.32 bits per heavy atom. The molecule has 1 saturated carbocycles. The van der Waals surface area contributed by atoms with Crippen LogP contribution < -0.4 is 10.2 Å². The summed E-state index contributed by atoms with van der Waals surface area (Å²) in [6.07, 6.45) is 7.70. The van der Waals surface area contributed by atoms with Gasteiger partial charge >= 0.3 is 0 Å². The highest BCUT2D eigenvalue weighted by atomic mass is 16.3. The Morgan fingerprint density at radius 3 is 2.53 bits per heavy atom. The van der Waals surface area contributed by atoms with Crippen LogP contribution in [-0.2, 0) is 6.54 Å². The van der Waals surface area contributed by atoms with Gasteiger partial charge in [0.25, 0.3) is 0 Å². The third-order valence-electron chi connectivity index (χ3n) is 3.68. The van der Waals surface area contributed by atoms with E-state index in [2.05, 4.69) is 22.2 Å². The van der Waals surface area contributed by atoms with Gasteiger partial charge in [0.2, 0.25) is 5.95 Å². The standard InChI is InChI=1S/C14H24N4O/c1-3-15-8-12-9-16-13(17-10-12)18(2)11-14(19)6-4-5-7-14/h9-10,15,19H,3-8,11H2,1-2H3. The third kappa shape index (κ3) is 3.88. The highest BCUT2D eigenvalue weighted by molar-refractivity contribution is 5.29. The van der Waals surface area contributed by atoms with E-state index in [-0.39, 0.29) is 0 Å². The van der Waals surface area contributed by atoms with Crippen molar-refractivity contribution in [3.63, 3.8) is 0 Å². The van der Waals surface area contributed by atoms with Crippen LogP contribution >= 0.6 is 0 Å². The number of hydrogen-bond donors (Lipinski definition) is 2. The van der Waals surface area contributed by atoms with Crippen LogP contribution in [0.1, 0.15) is 38.2 Å². The first kappa shape index (κ1) is 14.2. The van der Waals surface area contributed by atoms with E-state index >= 15 is 0 Å². The van der Waals surface area contributed by atoms with E-state index in [0.29, 0.717) is 12.5 Å². The summed E-state index contributed by atoms with van der Waals surface area (Å²) in [6, 6.07) is 0. The molecule has 1 heterocycles. The van der Waals surface area contributed by atoms with Gasteiger partial charge in [-0.3, -0.25) is 0 Å². The highest BCUT2D eigenvalue weighted by Gasteiger charge is 2.32. The van der Waals surface area contributed by atoms with Crippen LogP contribution in [0.15, 0.2) is 12.4 Å². The van der Waals surface area contributed by atoms with Gasteiger partial charge in [-0.05, 0) is 19.4 Å². The van der Waals surface area contributed by atoms with E-state index in [0.717, 1.165) is 44.3 Å². The maximum atomic E-state index is 10.4. The highest BCUT2D eigenvalue weighted by Crippen LogP contribution is 2.30. The summed E-state index contributed by atoms with van der Waals surface area (Å²) < 4.78 is 0. The lowest BCUT2D eigenvalue weighted by molar-refractivity contribution is 0.0556. The minimum atomic E-state index is -0.555. The van der Waals surface area contributed by atoms with Crippen LogP contribution in [0.5, 0.6) is 0 Å². The van der Waals surface area contributed by atoms with Gasteiger partial charge in [0, 0.05) is 38.1 Å². The van der Waals surface area contributed by atoms with Crippen molar-refractivity contribution in [2.45, 2.75) is 44.8 Å². The molecule has 5 nitrogen and oxygen atoms in total. The molecule has 0 aliphatic heterocycles. The van der Waals surface area contributed by atoms with Crippen molar-refractivity contribution >= 4 is 5.95 Å². The molecule has 1 aliphatic carbocycles. The summed E-state index contributed by atoms with van der Waals surface area (Å²) in [6.45, 7) is 4.42. The fraction of sp³-hybridized carbons (Fsp3) is 0.714. The molecule has 0 amide bonds. The fourth-order valence-corrected chi connectivity index (χ4v) is 2.61. The maximum absolute atomic E-state index is 10.4. The predicted molar refractivity (Wildman–Crippen MR) is 76.1 cm³/mol. The number of hydrogen-bond acceptors (Lipinski definition) is 5. The topological polar surface area (TPSA) is 61.3 Å². The van der Waals surface area contributed by atoms with Crippen molar-refractivity contribution in [3.8, 4) is 0 Å². The van der Waals surface area contributed by atoms with E-state index in [1.165, 1.54) is 0 Å². The maximum Gasteiger partial charge on any atom is 0.225 e. The molecule has 0 radical (unpaired) electrons. The van der Waals surface area contributed by atoms with E-state index in [1.807, 2.05) is 24.3 Å². The molecule has 1 fully saturated rings. The van der Waals surface area contributed by atoms with Gasteiger partial charge in [-0.25, -0.2) is 9.97 Å².